The normalized spacial score (nSPS) is 10.3. The Bertz CT molecular complexity index is 714. The molecule has 0 aliphatic carbocycles. The molecule has 25 heavy (non-hydrogen) atoms. The van der Waals surface area contributed by atoms with E-state index in [9.17, 15) is 9.59 Å². The highest BCUT2D eigenvalue weighted by atomic mass is 16.5. The van der Waals surface area contributed by atoms with Crippen LogP contribution in [0.2, 0.25) is 0 Å². The molecule has 132 valence electrons. The van der Waals surface area contributed by atoms with E-state index >= 15 is 0 Å². The lowest BCUT2D eigenvalue weighted by Gasteiger charge is -2.09. The summed E-state index contributed by atoms with van der Waals surface area (Å²) in [6, 6.07) is 14.4. The van der Waals surface area contributed by atoms with Crippen LogP contribution in [0.25, 0.3) is 0 Å². The van der Waals surface area contributed by atoms with Gasteiger partial charge in [0.1, 0.15) is 0 Å². The van der Waals surface area contributed by atoms with E-state index in [0.717, 1.165) is 5.56 Å². The van der Waals surface area contributed by atoms with Crippen LogP contribution >= 0.6 is 0 Å². The number of rotatable bonds is 8. The molecule has 0 bridgehead atoms. The Hall–Kier alpha value is -2.70. The molecule has 0 aliphatic rings. The van der Waals surface area contributed by atoms with Crippen molar-refractivity contribution in [3.8, 4) is 0 Å². The molecule has 2 aromatic carbocycles. The van der Waals surface area contributed by atoms with Crippen molar-refractivity contribution in [3.63, 3.8) is 0 Å². The van der Waals surface area contributed by atoms with Gasteiger partial charge in [-0.15, -0.1) is 0 Å². The molecule has 6 nitrogen and oxygen atoms in total. The molecule has 0 spiro atoms. The van der Waals surface area contributed by atoms with Crippen molar-refractivity contribution in [2.75, 3.05) is 37.4 Å². The number of benzene rings is 2. The first-order valence-corrected chi connectivity index (χ1v) is 8.06. The standard InChI is InChI=1S/C19H23N3O3/c1-14-4-3-5-15(12-14)19(24)22-17-8-6-16(7-9-17)21-18(23)13-20-10-11-25-2/h3-9,12,20H,10-11,13H2,1-2H3,(H,21,23)(H,22,24). The molecular formula is C19H23N3O3. The average Bonchev–Trinajstić information content (AvgIpc) is 2.60. The lowest BCUT2D eigenvalue weighted by atomic mass is 10.1. The summed E-state index contributed by atoms with van der Waals surface area (Å²) >= 11 is 0. The highest BCUT2D eigenvalue weighted by molar-refractivity contribution is 6.04. The minimum atomic E-state index is -0.164. The van der Waals surface area contributed by atoms with Gasteiger partial charge in [-0.25, -0.2) is 0 Å². The van der Waals surface area contributed by atoms with E-state index in [1.54, 1.807) is 37.4 Å². The summed E-state index contributed by atoms with van der Waals surface area (Å²) in [6.45, 7) is 3.34. The van der Waals surface area contributed by atoms with Gasteiger partial charge < -0.3 is 20.7 Å². The van der Waals surface area contributed by atoms with Gasteiger partial charge in [0.2, 0.25) is 5.91 Å². The van der Waals surface area contributed by atoms with Crippen molar-refractivity contribution in [2.45, 2.75) is 6.92 Å². The molecule has 0 aromatic heterocycles. The molecule has 0 atom stereocenters. The Balaban J connectivity index is 1.85. The highest BCUT2D eigenvalue weighted by Crippen LogP contribution is 2.15. The van der Waals surface area contributed by atoms with Crippen LogP contribution < -0.4 is 16.0 Å². The van der Waals surface area contributed by atoms with E-state index in [-0.39, 0.29) is 18.4 Å². The summed E-state index contributed by atoms with van der Waals surface area (Å²) < 4.78 is 4.90. The lowest BCUT2D eigenvalue weighted by molar-refractivity contribution is -0.115. The molecule has 6 heteroatoms. The number of nitrogens with one attached hydrogen (secondary N) is 3. The first-order valence-electron chi connectivity index (χ1n) is 8.06. The average molecular weight is 341 g/mol. The number of hydrogen-bond donors (Lipinski definition) is 3. The van der Waals surface area contributed by atoms with Gasteiger partial charge in [0.15, 0.2) is 0 Å². The highest BCUT2D eigenvalue weighted by Gasteiger charge is 2.06. The second-order valence-corrected chi connectivity index (χ2v) is 5.62. The summed E-state index contributed by atoms with van der Waals surface area (Å²) in [5.74, 6) is -0.296. The van der Waals surface area contributed by atoms with E-state index in [4.69, 9.17) is 4.74 Å². The van der Waals surface area contributed by atoms with Crippen molar-refractivity contribution in [1.82, 2.24) is 5.32 Å². The van der Waals surface area contributed by atoms with Crippen LogP contribution in [0.15, 0.2) is 48.5 Å². The van der Waals surface area contributed by atoms with E-state index < -0.39 is 0 Å². The van der Waals surface area contributed by atoms with Gasteiger partial charge in [-0.05, 0) is 43.3 Å². The van der Waals surface area contributed by atoms with Crippen LogP contribution in [0, 0.1) is 6.92 Å². The molecule has 2 aromatic rings. The van der Waals surface area contributed by atoms with Gasteiger partial charge in [0, 0.05) is 30.6 Å². The smallest absolute Gasteiger partial charge is 0.255 e. The predicted molar refractivity (Wildman–Crippen MR) is 98.9 cm³/mol. The van der Waals surface area contributed by atoms with Crippen molar-refractivity contribution < 1.29 is 14.3 Å². The van der Waals surface area contributed by atoms with E-state index in [1.807, 2.05) is 25.1 Å². The first-order chi connectivity index (χ1) is 12.1. The topological polar surface area (TPSA) is 79.5 Å². The van der Waals surface area contributed by atoms with Gasteiger partial charge >= 0.3 is 0 Å². The Morgan fingerprint density at radius 1 is 1.00 bits per heavy atom. The Labute approximate surface area is 147 Å². The minimum Gasteiger partial charge on any atom is -0.383 e. The molecular weight excluding hydrogens is 318 g/mol. The van der Waals surface area contributed by atoms with Crippen LogP contribution in [0.4, 0.5) is 11.4 Å². The number of ether oxygens (including phenoxy) is 1. The second-order valence-electron chi connectivity index (χ2n) is 5.62. The molecule has 2 amide bonds. The molecule has 0 saturated heterocycles. The van der Waals surface area contributed by atoms with Crippen LogP contribution in [0.1, 0.15) is 15.9 Å². The van der Waals surface area contributed by atoms with Gasteiger partial charge in [0.25, 0.3) is 5.91 Å². The largest absolute Gasteiger partial charge is 0.383 e. The summed E-state index contributed by atoms with van der Waals surface area (Å²) in [5.41, 5.74) is 2.99. The number of carbonyl (C=O) groups excluding carboxylic acids is 2. The quantitative estimate of drug-likeness (QED) is 0.644. The number of anilines is 2. The zero-order valence-electron chi connectivity index (χ0n) is 14.5. The maximum Gasteiger partial charge on any atom is 0.255 e. The Kier molecular flexibility index (Phi) is 7.13. The molecule has 0 fully saturated rings. The molecule has 0 saturated carbocycles. The Morgan fingerprint density at radius 3 is 2.32 bits per heavy atom. The maximum atomic E-state index is 12.2. The summed E-state index contributed by atoms with van der Waals surface area (Å²) in [4.78, 5) is 24.0. The van der Waals surface area contributed by atoms with E-state index in [2.05, 4.69) is 16.0 Å². The van der Waals surface area contributed by atoms with Crippen molar-refractivity contribution >= 4 is 23.2 Å². The number of hydrogen-bond acceptors (Lipinski definition) is 4. The molecule has 0 unspecified atom stereocenters. The van der Waals surface area contributed by atoms with Crippen molar-refractivity contribution in [3.05, 3.63) is 59.7 Å². The summed E-state index contributed by atoms with van der Waals surface area (Å²) in [6.07, 6.45) is 0. The fourth-order valence-electron chi connectivity index (χ4n) is 2.21. The third kappa shape index (κ3) is 6.37. The summed E-state index contributed by atoms with van der Waals surface area (Å²) in [7, 11) is 1.61. The number of aryl methyl sites for hydroxylation is 1. The van der Waals surface area contributed by atoms with Crippen LogP contribution in [0.3, 0.4) is 0 Å². The third-order valence-electron chi connectivity index (χ3n) is 3.48. The van der Waals surface area contributed by atoms with Crippen LogP contribution in [-0.4, -0.2) is 38.6 Å². The second kappa shape index (κ2) is 9.56. The molecule has 3 N–H and O–H groups in total. The van der Waals surface area contributed by atoms with Gasteiger partial charge in [-0.3, -0.25) is 9.59 Å². The van der Waals surface area contributed by atoms with Gasteiger partial charge in [0.05, 0.1) is 13.2 Å². The molecule has 2 rings (SSSR count). The maximum absolute atomic E-state index is 12.2. The van der Waals surface area contributed by atoms with Crippen molar-refractivity contribution in [1.29, 1.82) is 0 Å². The lowest BCUT2D eigenvalue weighted by Crippen LogP contribution is -2.30. The monoisotopic (exact) mass is 341 g/mol. The SMILES string of the molecule is COCCNCC(=O)Nc1ccc(NC(=O)c2cccc(C)c2)cc1. The first kappa shape index (κ1) is 18.6. The fraction of sp³-hybridized carbons (Fsp3) is 0.263. The molecule has 0 radical (unpaired) electrons. The third-order valence-corrected chi connectivity index (χ3v) is 3.48. The number of carbonyl (C=O) groups is 2. The van der Waals surface area contributed by atoms with Gasteiger partial charge in [-0.2, -0.15) is 0 Å². The number of amides is 2. The number of methoxy groups -OCH3 is 1. The molecule has 0 heterocycles. The van der Waals surface area contributed by atoms with E-state index in [1.165, 1.54) is 0 Å². The zero-order chi connectivity index (χ0) is 18.1. The predicted octanol–water partition coefficient (Wildman–Crippen LogP) is 2.42. The van der Waals surface area contributed by atoms with Crippen LogP contribution in [0.5, 0.6) is 0 Å². The van der Waals surface area contributed by atoms with Crippen molar-refractivity contribution in [2.24, 2.45) is 0 Å². The zero-order valence-corrected chi connectivity index (χ0v) is 14.5. The van der Waals surface area contributed by atoms with Crippen LogP contribution in [-0.2, 0) is 9.53 Å². The minimum absolute atomic E-state index is 0.132. The fourth-order valence-corrected chi connectivity index (χ4v) is 2.21. The van der Waals surface area contributed by atoms with Gasteiger partial charge in [-0.1, -0.05) is 17.7 Å². The Morgan fingerprint density at radius 2 is 1.68 bits per heavy atom. The van der Waals surface area contributed by atoms with E-state index in [0.29, 0.717) is 30.1 Å². The summed E-state index contributed by atoms with van der Waals surface area (Å²) in [5, 5.41) is 8.59. The molecule has 0 aliphatic heterocycles.